The van der Waals surface area contributed by atoms with Crippen LogP contribution < -0.4 is 10.5 Å². The molecule has 1 rings (SSSR count). The Labute approximate surface area is 96.1 Å². The van der Waals surface area contributed by atoms with Gasteiger partial charge in [-0.1, -0.05) is 6.92 Å². The zero-order valence-corrected chi connectivity index (χ0v) is 10.7. The lowest BCUT2D eigenvalue weighted by Gasteiger charge is -2.33. The highest BCUT2D eigenvalue weighted by Gasteiger charge is 2.38. The molecule has 0 bridgehead atoms. The Bertz CT molecular complexity index is 431. The monoisotopic (exact) mass is 271 g/mol. The number of nitrogens with one attached hydrogen (secondary N) is 1. The molecule has 0 aromatic rings. The Kier molecular flexibility index (Phi) is 4.29. The van der Waals surface area contributed by atoms with E-state index in [2.05, 4.69) is 5.32 Å². The van der Waals surface area contributed by atoms with Gasteiger partial charge in [0, 0.05) is 19.6 Å². The van der Waals surface area contributed by atoms with Crippen molar-refractivity contribution in [3.8, 4) is 0 Å². The van der Waals surface area contributed by atoms with Crippen LogP contribution in [0.15, 0.2) is 0 Å². The maximum atomic E-state index is 11.8. The molecule has 7 nitrogen and oxygen atoms in total. The van der Waals surface area contributed by atoms with E-state index in [4.69, 9.17) is 5.14 Å². The van der Waals surface area contributed by atoms with Gasteiger partial charge in [0.05, 0.1) is 5.75 Å². The predicted molar refractivity (Wildman–Crippen MR) is 60.5 cm³/mol. The van der Waals surface area contributed by atoms with E-state index >= 15 is 0 Å². The summed E-state index contributed by atoms with van der Waals surface area (Å²) >= 11 is 0. The highest BCUT2D eigenvalue weighted by molar-refractivity contribution is 7.93. The summed E-state index contributed by atoms with van der Waals surface area (Å²) in [6.45, 7) is 2.33. The molecule has 0 radical (unpaired) electrons. The zero-order chi connectivity index (χ0) is 12.4. The standard InChI is InChI=1S/C7H17N3O4S2/c1-2-5-15(11,12)7-6-9-3-4-10(7)16(8,13)14/h7,9H,2-6H2,1H3,(H2,8,13,14). The lowest BCUT2D eigenvalue weighted by Crippen LogP contribution is -2.58. The van der Waals surface area contributed by atoms with Crippen molar-refractivity contribution in [2.75, 3.05) is 25.4 Å². The van der Waals surface area contributed by atoms with E-state index in [-0.39, 0.29) is 18.8 Å². The Balaban J connectivity index is 3.00. The second-order valence-electron chi connectivity index (χ2n) is 3.68. The molecule has 1 aliphatic rings. The van der Waals surface area contributed by atoms with Gasteiger partial charge >= 0.3 is 0 Å². The summed E-state index contributed by atoms with van der Waals surface area (Å²) in [5.74, 6) is -0.0363. The van der Waals surface area contributed by atoms with E-state index in [0.717, 1.165) is 4.31 Å². The van der Waals surface area contributed by atoms with Gasteiger partial charge in [0.1, 0.15) is 5.37 Å². The van der Waals surface area contributed by atoms with Gasteiger partial charge in [0.25, 0.3) is 10.2 Å². The summed E-state index contributed by atoms with van der Waals surface area (Å²) in [5.41, 5.74) is 0. The first-order valence-corrected chi connectivity index (χ1v) is 8.22. The molecule has 16 heavy (non-hydrogen) atoms. The van der Waals surface area contributed by atoms with Crippen molar-refractivity contribution in [1.29, 1.82) is 0 Å². The maximum Gasteiger partial charge on any atom is 0.278 e. The molecule has 0 saturated carbocycles. The van der Waals surface area contributed by atoms with Crippen molar-refractivity contribution in [3.05, 3.63) is 0 Å². The minimum atomic E-state index is -3.96. The fourth-order valence-electron chi connectivity index (χ4n) is 1.68. The first-order chi connectivity index (χ1) is 7.29. The highest BCUT2D eigenvalue weighted by Crippen LogP contribution is 2.14. The summed E-state index contributed by atoms with van der Waals surface area (Å²) in [7, 11) is -7.42. The van der Waals surface area contributed by atoms with Crippen molar-refractivity contribution in [1.82, 2.24) is 9.62 Å². The van der Waals surface area contributed by atoms with Gasteiger partial charge in [-0.2, -0.15) is 12.7 Å². The van der Waals surface area contributed by atoms with E-state index in [1.807, 2.05) is 0 Å². The lowest BCUT2D eigenvalue weighted by molar-refractivity contribution is 0.323. The third-order valence-corrected chi connectivity index (χ3v) is 5.83. The number of piperazine rings is 1. The molecule has 0 aliphatic carbocycles. The molecule has 9 heteroatoms. The van der Waals surface area contributed by atoms with E-state index in [1.54, 1.807) is 6.92 Å². The van der Waals surface area contributed by atoms with Crippen LogP contribution in [-0.2, 0) is 20.0 Å². The fourth-order valence-corrected chi connectivity index (χ4v) is 4.86. The largest absolute Gasteiger partial charge is 0.313 e. The minimum absolute atomic E-state index is 0.0363. The Morgan fingerprint density at radius 2 is 2.00 bits per heavy atom. The van der Waals surface area contributed by atoms with Gasteiger partial charge in [-0.15, -0.1) is 0 Å². The van der Waals surface area contributed by atoms with Gasteiger partial charge in [-0.3, -0.25) is 0 Å². The summed E-state index contributed by atoms with van der Waals surface area (Å²) in [6.07, 6.45) is 0.456. The van der Waals surface area contributed by atoms with Crippen LogP contribution in [0, 0.1) is 0 Å². The van der Waals surface area contributed by atoms with Crippen LogP contribution in [0.3, 0.4) is 0 Å². The summed E-state index contributed by atoms with van der Waals surface area (Å²) < 4.78 is 47.1. The third kappa shape index (κ3) is 3.14. The molecular weight excluding hydrogens is 254 g/mol. The molecule has 0 amide bonds. The molecule has 1 atom stereocenters. The summed E-state index contributed by atoms with van der Waals surface area (Å²) in [6, 6.07) is 0. The van der Waals surface area contributed by atoms with Crippen LogP contribution in [0.1, 0.15) is 13.3 Å². The number of hydrogen-bond donors (Lipinski definition) is 2. The van der Waals surface area contributed by atoms with Gasteiger partial charge in [0.15, 0.2) is 9.84 Å². The molecule has 1 fully saturated rings. The predicted octanol–water partition coefficient (Wildman–Crippen LogP) is -1.75. The van der Waals surface area contributed by atoms with Crippen LogP contribution in [0.25, 0.3) is 0 Å². The number of sulfone groups is 1. The van der Waals surface area contributed by atoms with Crippen molar-refractivity contribution in [2.24, 2.45) is 5.14 Å². The van der Waals surface area contributed by atoms with Crippen molar-refractivity contribution < 1.29 is 16.8 Å². The SMILES string of the molecule is CCCS(=O)(=O)C1CNCCN1S(N)(=O)=O. The second-order valence-corrected chi connectivity index (χ2v) is 7.46. The van der Waals surface area contributed by atoms with E-state index in [9.17, 15) is 16.8 Å². The number of rotatable bonds is 4. The molecule has 1 saturated heterocycles. The average molecular weight is 271 g/mol. The molecule has 1 aliphatic heterocycles. The minimum Gasteiger partial charge on any atom is -0.313 e. The van der Waals surface area contributed by atoms with Crippen LogP contribution in [-0.4, -0.2) is 51.9 Å². The molecular formula is C7H17N3O4S2. The van der Waals surface area contributed by atoms with E-state index in [1.165, 1.54) is 0 Å². The number of nitrogens with two attached hydrogens (primary N) is 1. The maximum absolute atomic E-state index is 11.8. The van der Waals surface area contributed by atoms with Gasteiger partial charge in [-0.25, -0.2) is 13.6 Å². The molecule has 0 aromatic heterocycles. The Morgan fingerprint density at radius 1 is 1.38 bits per heavy atom. The summed E-state index contributed by atoms with van der Waals surface area (Å²) in [5, 5.41) is 6.79. The van der Waals surface area contributed by atoms with Crippen molar-refractivity contribution >= 4 is 20.0 Å². The fraction of sp³-hybridized carbons (Fsp3) is 1.00. The quantitative estimate of drug-likeness (QED) is 0.630. The van der Waals surface area contributed by atoms with Crippen molar-refractivity contribution in [2.45, 2.75) is 18.7 Å². The Hall–Kier alpha value is -0.220. The van der Waals surface area contributed by atoms with Crippen molar-refractivity contribution in [3.63, 3.8) is 0 Å². The average Bonchev–Trinajstić information content (AvgIpc) is 2.16. The molecule has 3 N–H and O–H groups in total. The lowest BCUT2D eigenvalue weighted by atomic mass is 10.4. The summed E-state index contributed by atoms with van der Waals surface area (Å²) in [4.78, 5) is 0. The zero-order valence-electron chi connectivity index (χ0n) is 9.09. The first-order valence-electron chi connectivity index (χ1n) is 5.01. The number of hydrogen-bond acceptors (Lipinski definition) is 5. The smallest absolute Gasteiger partial charge is 0.278 e. The normalized spacial score (nSPS) is 24.5. The van der Waals surface area contributed by atoms with Crippen LogP contribution in [0.5, 0.6) is 0 Å². The van der Waals surface area contributed by atoms with Crippen LogP contribution >= 0.6 is 0 Å². The molecule has 1 unspecified atom stereocenters. The van der Waals surface area contributed by atoms with E-state index in [0.29, 0.717) is 13.0 Å². The molecule has 0 spiro atoms. The van der Waals surface area contributed by atoms with E-state index < -0.39 is 25.4 Å². The van der Waals surface area contributed by atoms with Crippen LogP contribution in [0.4, 0.5) is 0 Å². The third-order valence-electron chi connectivity index (χ3n) is 2.38. The first kappa shape index (κ1) is 13.8. The molecule has 0 aromatic carbocycles. The van der Waals surface area contributed by atoms with Crippen LogP contribution in [0.2, 0.25) is 0 Å². The van der Waals surface area contributed by atoms with Gasteiger partial charge in [0.2, 0.25) is 0 Å². The second kappa shape index (κ2) is 4.96. The van der Waals surface area contributed by atoms with Gasteiger partial charge in [-0.05, 0) is 6.42 Å². The van der Waals surface area contributed by atoms with Gasteiger partial charge < -0.3 is 5.32 Å². The Morgan fingerprint density at radius 3 is 2.50 bits per heavy atom. The topological polar surface area (TPSA) is 110 Å². The molecule has 96 valence electrons. The molecule has 1 heterocycles. The number of nitrogens with zero attached hydrogens (tertiary/aromatic N) is 1. The highest BCUT2D eigenvalue weighted by atomic mass is 32.2.